The molecule has 0 amide bonds. The third-order valence-corrected chi connectivity index (χ3v) is 0.769. The summed E-state index contributed by atoms with van der Waals surface area (Å²) in [4.78, 5) is 1.66. The summed E-state index contributed by atoms with van der Waals surface area (Å²) < 4.78 is 9.58. The van der Waals surface area contributed by atoms with Crippen molar-refractivity contribution in [3.05, 3.63) is 11.2 Å². The highest BCUT2D eigenvalue weighted by atomic mass is 79.9. The Morgan fingerprint density at radius 2 is 2.25 bits per heavy atom. The normalized spacial score (nSPS) is 10.2. The van der Waals surface area contributed by atoms with Gasteiger partial charge in [-0.15, -0.1) is 0 Å². The van der Waals surface area contributed by atoms with Gasteiger partial charge in [-0.05, 0) is 0 Å². The van der Waals surface area contributed by atoms with E-state index in [2.05, 4.69) is 15.9 Å². The van der Waals surface area contributed by atoms with E-state index >= 15 is 0 Å². The van der Waals surface area contributed by atoms with Crippen molar-refractivity contribution >= 4 is 15.9 Å². The van der Waals surface area contributed by atoms with Crippen LogP contribution in [0.1, 0.15) is 0 Å². The predicted octanol–water partition coefficient (Wildman–Crippen LogP) is 1.52. The number of methoxy groups -OCH3 is 1. The van der Waals surface area contributed by atoms with Gasteiger partial charge in [0.2, 0.25) is 0 Å². The molecule has 0 aromatic carbocycles. The lowest BCUT2D eigenvalue weighted by molar-refractivity contribution is 0.124. The maximum atomic E-state index is 4.87. The van der Waals surface area contributed by atoms with Crippen LogP contribution in [-0.2, 0) is 9.47 Å². The molecule has 0 aromatic rings. The third-order valence-electron chi connectivity index (χ3n) is 0.553. The van der Waals surface area contributed by atoms with Crippen molar-refractivity contribution in [1.29, 1.82) is 0 Å². The van der Waals surface area contributed by atoms with Crippen LogP contribution >= 0.6 is 15.9 Å². The minimum Gasteiger partial charge on any atom is -0.498 e. The van der Waals surface area contributed by atoms with Gasteiger partial charge < -0.3 is 9.47 Å². The molecule has 0 atom stereocenters. The van der Waals surface area contributed by atoms with Crippen molar-refractivity contribution in [2.45, 2.75) is 0 Å². The molecule has 0 heterocycles. The molecule has 8 heavy (non-hydrogen) atoms. The first kappa shape index (κ1) is 7.98. The second kappa shape index (κ2) is 6.98. The van der Waals surface area contributed by atoms with Crippen LogP contribution in [-0.4, -0.2) is 20.3 Å². The molecule has 0 aliphatic heterocycles. The number of rotatable bonds is 4. The zero-order valence-corrected chi connectivity index (χ0v) is 6.35. The Kier molecular flexibility index (Phi) is 6.96. The van der Waals surface area contributed by atoms with E-state index in [0.717, 1.165) is 0 Å². The monoisotopic (exact) mass is 180 g/mol. The highest BCUT2D eigenvalue weighted by Crippen LogP contribution is 1.83. The Hall–Kier alpha value is -0.0200. The molecule has 0 radical (unpaired) electrons. The first-order valence-electron chi connectivity index (χ1n) is 2.27. The molecule has 0 aliphatic rings. The fraction of sp³-hybridized carbons (Fsp3) is 0.600. The van der Waals surface area contributed by atoms with Crippen LogP contribution in [0.15, 0.2) is 11.2 Å². The van der Waals surface area contributed by atoms with Crippen molar-refractivity contribution < 1.29 is 9.47 Å². The van der Waals surface area contributed by atoms with E-state index in [4.69, 9.17) is 9.47 Å². The van der Waals surface area contributed by atoms with E-state index in [-0.39, 0.29) is 0 Å². The van der Waals surface area contributed by atoms with Gasteiger partial charge in [-0.3, -0.25) is 0 Å². The Balaban J connectivity index is 2.72. The smallest absolute Gasteiger partial charge is 0.111 e. The van der Waals surface area contributed by atoms with Crippen LogP contribution in [0.5, 0.6) is 0 Å². The molecule has 0 saturated carbocycles. The molecule has 0 aromatic heterocycles. The highest BCUT2D eigenvalue weighted by molar-refractivity contribution is 9.11. The maximum Gasteiger partial charge on any atom is 0.111 e. The molecule has 0 aliphatic carbocycles. The Morgan fingerprint density at radius 1 is 1.50 bits per heavy atom. The molecule has 0 saturated heterocycles. The molecule has 2 nitrogen and oxygen atoms in total. The van der Waals surface area contributed by atoms with E-state index in [0.29, 0.717) is 13.2 Å². The molecule has 48 valence electrons. The van der Waals surface area contributed by atoms with Crippen molar-refractivity contribution in [3.8, 4) is 0 Å². The number of ether oxygens (including phenoxy) is 2. The molecule has 0 bridgehead atoms. The summed E-state index contributed by atoms with van der Waals surface area (Å²) in [6, 6.07) is 0. The molecule has 3 heteroatoms. The second-order valence-corrected chi connectivity index (χ2v) is 1.65. The number of halogens is 1. The second-order valence-electron chi connectivity index (χ2n) is 1.13. The van der Waals surface area contributed by atoms with Gasteiger partial charge >= 0.3 is 0 Å². The molecule has 0 rings (SSSR count). The Morgan fingerprint density at radius 3 is 2.75 bits per heavy atom. The van der Waals surface area contributed by atoms with Crippen LogP contribution in [0.3, 0.4) is 0 Å². The average Bonchev–Trinajstić information content (AvgIpc) is 1.81. The number of hydrogen-bond acceptors (Lipinski definition) is 2. The fourth-order valence-electron chi connectivity index (χ4n) is 0.236. The van der Waals surface area contributed by atoms with Gasteiger partial charge in [-0.1, -0.05) is 15.9 Å². The lowest BCUT2D eigenvalue weighted by atomic mass is 10.8. The Labute approximate surface area is 57.6 Å². The zero-order chi connectivity index (χ0) is 6.24. The van der Waals surface area contributed by atoms with Crippen LogP contribution < -0.4 is 0 Å². The van der Waals surface area contributed by atoms with Crippen LogP contribution in [0.2, 0.25) is 0 Å². The van der Waals surface area contributed by atoms with Crippen LogP contribution in [0.4, 0.5) is 0 Å². The first-order valence-corrected chi connectivity index (χ1v) is 3.19. The van der Waals surface area contributed by atoms with E-state index < -0.39 is 0 Å². The quantitative estimate of drug-likeness (QED) is 0.483. The predicted molar refractivity (Wildman–Crippen MR) is 35.9 cm³/mol. The molecule has 0 spiro atoms. The molecule has 0 unspecified atom stereocenters. The van der Waals surface area contributed by atoms with Crippen LogP contribution in [0, 0.1) is 0 Å². The van der Waals surface area contributed by atoms with Crippen molar-refractivity contribution in [2.75, 3.05) is 20.3 Å². The van der Waals surface area contributed by atoms with Crippen LogP contribution in [0.25, 0.3) is 0 Å². The minimum absolute atomic E-state index is 0.610. The third kappa shape index (κ3) is 5.98. The van der Waals surface area contributed by atoms with Crippen molar-refractivity contribution in [2.24, 2.45) is 0 Å². The summed E-state index contributed by atoms with van der Waals surface area (Å²) in [7, 11) is 1.64. The summed E-state index contributed by atoms with van der Waals surface area (Å²) in [5.41, 5.74) is 0. The average molecular weight is 181 g/mol. The lowest BCUT2D eigenvalue weighted by Gasteiger charge is -1.95. The maximum absolute atomic E-state index is 4.87. The zero-order valence-electron chi connectivity index (χ0n) is 4.76. The van der Waals surface area contributed by atoms with Gasteiger partial charge in [0.05, 0.1) is 12.9 Å². The van der Waals surface area contributed by atoms with E-state index in [1.807, 2.05) is 0 Å². The largest absolute Gasteiger partial charge is 0.498 e. The molecule has 0 fully saturated rings. The van der Waals surface area contributed by atoms with Gasteiger partial charge in [0.1, 0.15) is 6.61 Å². The summed E-state index contributed by atoms with van der Waals surface area (Å²) in [5.74, 6) is 0. The van der Waals surface area contributed by atoms with Crippen molar-refractivity contribution in [3.63, 3.8) is 0 Å². The molecule has 0 N–H and O–H groups in total. The van der Waals surface area contributed by atoms with E-state index in [9.17, 15) is 0 Å². The molecular formula is C5H9BrO2. The summed E-state index contributed by atoms with van der Waals surface area (Å²) in [6.45, 7) is 1.25. The van der Waals surface area contributed by atoms with E-state index in [1.54, 1.807) is 18.4 Å². The fourth-order valence-corrected chi connectivity index (χ4v) is 0.388. The topological polar surface area (TPSA) is 18.5 Å². The van der Waals surface area contributed by atoms with Gasteiger partial charge in [0.15, 0.2) is 0 Å². The Bertz CT molecular complexity index is 63.4. The summed E-state index contributed by atoms with van der Waals surface area (Å²) >= 11 is 3.06. The summed E-state index contributed by atoms with van der Waals surface area (Å²) in [6.07, 6.45) is 1.57. The standard InChI is InChI=1S/C5H9BrO2/c1-7-4-5-8-3-2-6/h2-3H,4-5H2,1H3. The first-order chi connectivity index (χ1) is 3.91. The van der Waals surface area contributed by atoms with Gasteiger partial charge in [0.25, 0.3) is 0 Å². The SMILES string of the molecule is COCCOC=CBr. The lowest BCUT2D eigenvalue weighted by Crippen LogP contribution is -1.96. The number of hydrogen-bond donors (Lipinski definition) is 0. The highest BCUT2D eigenvalue weighted by Gasteiger charge is 1.76. The summed E-state index contributed by atoms with van der Waals surface area (Å²) in [5, 5.41) is 0. The van der Waals surface area contributed by atoms with Gasteiger partial charge in [-0.25, -0.2) is 0 Å². The minimum atomic E-state index is 0.610. The van der Waals surface area contributed by atoms with Gasteiger partial charge in [0, 0.05) is 12.1 Å². The van der Waals surface area contributed by atoms with Gasteiger partial charge in [-0.2, -0.15) is 0 Å². The van der Waals surface area contributed by atoms with E-state index in [1.165, 1.54) is 0 Å². The molecular weight excluding hydrogens is 172 g/mol. The van der Waals surface area contributed by atoms with Crippen molar-refractivity contribution in [1.82, 2.24) is 0 Å².